The van der Waals surface area contributed by atoms with Crippen LogP contribution in [0.1, 0.15) is 41.6 Å². The third-order valence-electron chi connectivity index (χ3n) is 6.75. The minimum absolute atomic E-state index is 0.0965. The molecule has 2 aromatic carbocycles. The average molecular weight is 478 g/mol. The Labute approximate surface area is 205 Å². The van der Waals surface area contributed by atoms with Crippen molar-refractivity contribution in [2.45, 2.75) is 44.4 Å². The normalized spacial score (nSPS) is 18.1. The van der Waals surface area contributed by atoms with E-state index in [4.69, 9.17) is 9.47 Å². The van der Waals surface area contributed by atoms with Crippen LogP contribution in [0.25, 0.3) is 0 Å². The lowest BCUT2D eigenvalue weighted by atomic mass is 9.98. The number of aromatic nitrogens is 1. The van der Waals surface area contributed by atoms with E-state index in [-0.39, 0.29) is 12.0 Å². The van der Waals surface area contributed by atoms with Crippen LogP contribution in [0, 0.1) is 0 Å². The zero-order chi connectivity index (χ0) is 23.2. The quantitative estimate of drug-likeness (QED) is 0.486. The zero-order valence-corrected chi connectivity index (χ0v) is 20.2. The van der Waals surface area contributed by atoms with Crippen LogP contribution in [0.15, 0.2) is 66.2 Å². The molecule has 178 valence electrons. The van der Waals surface area contributed by atoms with Crippen LogP contribution in [-0.4, -0.2) is 59.0 Å². The maximum Gasteiger partial charge on any atom is 0.273 e. The van der Waals surface area contributed by atoms with Crippen LogP contribution in [0.3, 0.4) is 0 Å². The Morgan fingerprint density at radius 3 is 2.50 bits per heavy atom. The first-order chi connectivity index (χ1) is 16.7. The molecule has 0 bridgehead atoms. The molecule has 6 nitrogen and oxygen atoms in total. The molecule has 0 spiro atoms. The topological polar surface area (TPSA) is 54.9 Å². The van der Waals surface area contributed by atoms with Crippen LogP contribution in [0.5, 0.6) is 10.9 Å². The summed E-state index contributed by atoms with van der Waals surface area (Å²) >= 11 is 1.56. The lowest BCUT2D eigenvalue weighted by molar-refractivity contribution is 0.0425. The number of likely N-dealkylation sites (tertiary alicyclic amines) is 2. The predicted octanol–water partition coefficient (Wildman–Crippen LogP) is 4.87. The average Bonchev–Trinajstić information content (AvgIpc) is 3.41. The van der Waals surface area contributed by atoms with Crippen molar-refractivity contribution in [1.29, 1.82) is 0 Å². The van der Waals surface area contributed by atoms with Gasteiger partial charge in [0.25, 0.3) is 11.1 Å². The number of piperidine rings is 2. The van der Waals surface area contributed by atoms with Gasteiger partial charge in [-0.3, -0.25) is 9.69 Å². The molecule has 3 aromatic rings. The third-order valence-corrected chi connectivity index (χ3v) is 7.41. The summed E-state index contributed by atoms with van der Waals surface area (Å²) in [5.74, 6) is 0.826. The van der Waals surface area contributed by atoms with E-state index in [1.165, 1.54) is 0 Å². The number of carbonyl (C=O) groups excluding carboxylic acids is 1. The maximum absolute atomic E-state index is 13.1. The monoisotopic (exact) mass is 477 g/mol. The van der Waals surface area contributed by atoms with Gasteiger partial charge in [-0.05, 0) is 49.4 Å². The maximum atomic E-state index is 13.1. The van der Waals surface area contributed by atoms with E-state index in [0.29, 0.717) is 18.2 Å². The van der Waals surface area contributed by atoms with Gasteiger partial charge in [-0.25, -0.2) is 4.98 Å². The summed E-state index contributed by atoms with van der Waals surface area (Å²) in [6.45, 7) is 4.20. The second-order valence-electron chi connectivity index (χ2n) is 8.98. The highest BCUT2D eigenvalue weighted by Crippen LogP contribution is 2.26. The van der Waals surface area contributed by atoms with Crippen LogP contribution < -0.4 is 9.47 Å². The molecular formula is C27H31N3O3S. The van der Waals surface area contributed by atoms with Gasteiger partial charge in [0.2, 0.25) is 0 Å². The lowest BCUT2D eigenvalue weighted by Gasteiger charge is -2.41. The Morgan fingerprint density at radius 2 is 1.76 bits per heavy atom. The fraction of sp³-hybridized carbons (Fsp3) is 0.407. The summed E-state index contributed by atoms with van der Waals surface area (Å²) < 4.78 is 11.9. The van der Waals surface area contributed by atoms with E-state index in [2.05, 4.69) is 9.88 Å². The van der Waals surface area contributed by atoms with Crippen molar-refractivity contribution in [2.24, 2.45) is 0 Å². The van der Waals surface area contributed by atoms with E-state index in [9.17, 15) is 4.79 Å². The number of hydrogen-bond acceptors (Lipinski definition) is 6. The number of thiazole rings is 1. The molecule has 2 saturated heterocycles. The highest BCUT2D eigenvalue weighted by atomic mass is 32.1. The Kier molecular flexibility index (Phi) is 7.41. The van der Waals surface area contributed by atoms with Gasteiger partial charge in [-0.1, -0.05) is 47.7 Å². The molecule has 2 aliphatic rings. The zero-order valence-electron chi connectivity index (χ0n) is 19.3. The number of carbonyl (C=O) groups is 1. The van der Waals surface area contributed by atoms with Crippen molar-refractivity contribution in [3.63, 3.8) is 0 Å². The van der Waals surface area contributed by atoms with Crippen LogP contribution in [-0.2, 0) is 6.61 Å². The van der Waals surface area contributed by atoms with E-state index in [1.807, 2.05) is 64.9 Å². The van der Waals surface area contributed by atoms with Crippen LogP contribution >= 0.6 is 11.3 Å². The predicted molar refractivity (Wildman–Crippen MR) is 133 cm³/mol. The number of benzene rings is 2. The van der Waals surface area contributed by atoms with Crippen molar-refractivity contribution in [3.05, 3.63) is 77.3 Å². The number of ether oxygens (including phenoxy) is 2. The summed E-state index contributed by atoms with van der Waals surface area (Å²) in [4.78, 5) is 22.0. The molecule has 7 heteroatoms. The minimum Gasteiger partial charge on any atom is -0.489 e. The number of nitrogens with zero attached hydrogens (tertiary/aromatic N) is 3. The molecule has 5 rings (SSSR count). The van der Waals surface area contributed by atoms with E-state index < -0.39 is 0 Å². The number of hydrogen-bond donors (Lipinski definition) is 0. The summed E-state index contributed by atoms with van der Waals surface area (Å²) in [6, 6.07) is 18.2. The second-order valence-corrected chi connectivity index (χ2v) is 9.83. The van der Waals surface area contributed by atoms with Crippen molar-refractivity contribution in [2.75, 3.05) is 26.2 Å². The van der Waals surface area contributed by atoms with Gasteiger partial charge in [-0.2, -0.15) is 0 Å². The van der Waals surface area contributed by atoms with Crippen molar-refractivity contribution >= 4 is 17.2 Å². The van der Waals surface area contributed by atoms with E-state index in [1.54, 1.807) is 17.5 Å². The molecule has 0 radical (unpaired) electrons. The summed E-state index contributed by atoms with van der Waals surface area (Å²) in [7, 11) is 0. The Balaban J connectivity index is 1.09. The first-order valence-electron chi connectivity index (χ1n) is 12.1. The number of rotatable bonds is 7. The molecule has 34 heavy (non-hydrogen) atoms. The van der Waals surface area contributed by atoms with Gasteiger partial charge in [0.1, 0.15) is 18.5 Å². The van der Waals surface area contributed by atoms with Crippen LogP contribution in [0.4, 0.5) is 0 Å². The van der Waals surface area contributed by atoms with Crippen molar-refractivity contribution in [1.82, 2.24) is 14.8 Å². The van der Waals surface area contributed by atoms with Gasteiger partial charge >= 0.3 is 0 Å². The highest BCUT2D eigenvalue weighted by Gasteiger charge is 2.30. The fourth-order valence-electron chi connectivity index (χ4n) is 4.85. The Bertz CT molecular complexity index is 1040. The van der Waals surface area contributed by atoms with Gasteiger partial charge in [-0.15, -0.1) is 0 Å². The van der Waals surface area contributed by atoms with E-state index in [0.717, 1.165) is 68.4 Å². The van der Waals surface area contributed by atoms with Gasteiger partial charge in [0.15, 0.2) is 0 Å². The first kappa shape index (κ1) is 22.9. The Morgan fingerprint density at radius 1 is 0.971 bits per heavy atom. The van der Waals surface area contributed by atoms with Gasteiger partial charge in [0.05, 0.1) is 0 Å². The largest absolute Gasteiger partial charge is 0.489 e. The standard InChI is InChI=1S/C27H31N3O3S/c31-26(22-7-4-8-25(19-22)32-20-21-5-2-1-3-6-21)30-14-9-23(10-15-30)29-16-11-24(12-17-29)33-27-28-13-18-34-27/h1-8,13,18-19,23-24H,9-12,14-17,20H2. The molecule has 0 saturated carbocycles. The molecule has 0 N–H and O–H groups in total. The van der Waals surface area contributed by atoms with Crippen molar-refractivity contribution in [3.8, 4) is 10.9 Å². The third kappa shape index (κ3) is 5.77. The molecule has 1 amide bonds. The minimum atomic E-state index is 0.0965. The van der Waals surface area contributed by atoms with Gasteiger partial charge in [0, 0.05) is 49.4 Å². The molecular weight excluding hydrogens is 446 g/mol. The second kappa shape index (κ2) is 11.0. The SMILES string of the molecule is O=C(c1cccc(OCc2ccccc2)c1)N1CCC(N2CCC(Oc3nccs3)CC2)CC1. The molecule has 0 atom stereocenters. The van der Waals surface area contributed by atoms with Crippen molar-refractivity contribution < 1.29 is 14.3 Å². The molecule has 0 unspecified atom stereocenters. The smallest absolute Gasteiger partial charge is 0.273 e. The summed E-state index contributed by atoms with van der Waals surface area (Å²) in [5.41, 5.74) is 1.81. The molecule has 3 heterocycles. The highest BCUT2D eigenvalue weighted by molar-refractivity contribution is 7.11. The van der Waals surface area contributed by atoms with Crippen LogP contribution in [0.2, 0.25) is 0 Å². The first-order valence-corrected chi connectivity index (χ1v) is 13.0. The summed E-state index contributed by atoms with van der Waals surface area (Å²) in [5, 5.41) is 2.73. The fourth-order valence-corrected chi connectivity index (χ4v) is 5.40. The molecule has 2 aliphatic heterocycles. The molecule has 1 aromatic heterocycles. The summed E-state index contributed by atoms with van der Waals surface area (Å²) in [6.07, 6.45) is 6.17. The molecule has 0 aliphatic carbocycles. The lowest BCUT2D eigenvalue weighted by Crippen LogP contribution is -2.50. The van der Waals surface area contributed by atoms with Gasteiger partial charge < -0.3 is 14.4 Å². The number of amides is 1. The Hall–Kier alpha value is -2.90. The van der Waals surface area contributed by atoms with E-state index >= 15 is 0 Å². The molecule has 2 fully saturated rings.